The summed E-state index contributed by atoms with van der Waals surface area (Å²) in [7, 11) is 4.08. The molecule has 2 amide bonds. The third-order valence-electron chi connectivity index (χ3n) is 9.37. The lowest BCUT2D eigenvalue weighted by atomic mass is 9.85. The van der Waals surface area contributed by atoms with Crippen LogP contribution in [-0.2, 0) is 11.8 Å². The molecule has 0 saturated carbocycles. The molecule has 3 N–H and O–H groups in total. The number of nitrogens with zero attached hydrogens (tertiary/aromatic N) is 8. The number of nitrogens with one attached hydrogen (secondary N) is 3. The molecule has 5 heterocycles. The Morgan fingerprint density at radius 1 is 1.04 bits per heavy atom. The first kappa shape index (κ1) is 32.6. The number of carbonyl (C=O) groups is 1. The van der Waals surface area contributed by atoms with Crippen LogP contribution >= 0.6 is 0 Å². The maximum Gasteiger partial charge on any atom is 0.320 e. The van der Waals surface area contributed by atoms with E-state index in [1.54, 1.807) is 10.9 Å². The average molecular weight is 666 g/mol. The molecule has 0 bridgehead atoms. The number of anilines is 2. The number of aromatic nitrogens is 7. The van der Waals surface area contributed by atoms with Crippen LogP contribution in [0.3, 0.4) is 0 Å². The second kappa shape index (κ2) is 13.5. The van der Waals surface area contributed by atoms with Crippen molar-refractivity contribution in [1.29, 1.82) is 0 Å². The van der Waals surface area contributed by atoms with Gasteiger partial charge in [0.05, 0.1) is 24.1 Å². The van der Waals surface area contributed by atoms with Crippen molar-refractivity contribution in [1.82, 2.24) is 44.6 Å². The molecule has 49 heavy (non-hydrogen) atoms. The Kier molecular flexibility index (Phi) is 9.01. The molecule has 13 heteroatoms. The molecule has 0 spiro atoms. The second-order valence-electron chi connectivity index (χ2n) is 14.4. The van der Waals surface area contributed by atoms with Gasteiger partial charge in [0.1, 0.15) is 23.5 Å². The molecule has 2 atom stereocenters. The monoisotopic (exact) mass is 665 g/mol. The lowest BCUT2D eigenvalue weighted by Gasteiger charge is -2.32. The van der Waals surface area contributed by atoms with Crippen LogP contribution in [0.2, 0.25) is 0 Å². The van der Waals surface area contributed by atoms with E-state index in [1.165, 1.54) is 19.3 Å². The largest absolute Gasteiger partial charge is 0.484 e. The van der Waals surface area contributed by atoms with Crippen molar-refractivity contribution in [2.24, 2.45) is 0 Å². The van der Waals surface area contributed by atoms with Crippen LogP contribution in [0.25, 0.3) is 11.5 Å². The van der Waals surface area contributed by atoms with Crippen LogP contribution in [0.5, 0.6) is 5.75 Å². The van der Waals surface area contributed by atoms with E-state index in [0.717, 1.165) is 78.9 Å². The van der Waals surface area contributed by atoms with Crippen LogP contribution in [0.4, 0.5) is 16.6 Å². The summed E-state index contributed by atoms with van der Waals surface area (Å²) >= 11 is 0. The van der Waals surface area contributed by atoms with Crippen LogP contribution in [0.1, 0.15) is 87.7 Å². The van der Waals surface area contributed by atoms with Gasteiger partial charge in [-0.15, -0.1) is 10.2 Å². The van der Waals surface area contributed by atoms with E-state index in [0.29, 0.717) is 11.6 Å². The fourth-order valence-electron chi connectivity index (χ4n) is 6.67. The number of aromatic amines is 1. The van der Waals surface area contributed by atoms with Crippen molar-refractivity contribution in [3.05, 3.63) is 77.5 Å². The number of carbonyl (C=O) groups excluding carboxylic acids is 1. The molecule has 13 nitrogen and oxygen atoms in total. The number of likely N-dealkylation sites (N-methyl/N-ethyl adjacent to an activating group) is 1. The van der Waals surface area contributed by atoms with Crippen molar-refractivity contribution in [3.63, 3.8) is 0 Å². The molecule has 1 aromatic carbocycles. The zero-order chi connectivity index (χ0) is 34.1. The Morgan fingerprint density at radius 3 is 2.61 bits per heavy atom. The summed E-state index contributed by atoms with van der Waals surface area (Å²) in [6.45, 7) is 9.17. The number of hydrogen-bond acceptors (Lipinski definition) is 8. The molecular weight excluding hydrogens is 618 g/mol. The maximum absolute atomic E-state index is 13.6. The van der Waals surface area contributed by atoms with E-state index in [2.05, 4.69) is 73.5 Å². The molecule has 1 aliphatic heterocycles. The van der Waals surface area contributed by atoms with Crippen LogP contribution in [0, 0.1) is 0 Å². The number of fused-ring (bicyclic) bond motifs is 2. The third-order valence-corrected chi connectivity index (χ3v) is 9.37. The van der Waals surface area contributed by atoms with Gasteiger partial charge in [0, 0.05) is 37.5 Å². The standard InChI is InChI=1S/C36H47N11O2/c1-36(2,3)29-21-32(47(43-29)33-22-37-30(39-33)17-20-44(4)5)40-34(48)38-27-14-15-28(26-12-8-7-11-25(26)27)49-24-13-16-31-41-42-35(46(31)23-24)45-18-9-6-10-19-45/h7-8,11-13,16,21-23,27-28H,6,9-10,14-15,17-20H2,1-5H3,(H,37,39)(H2,38,40,48)/t27-,28+/m0/s1. The molecule has 5 aromatic rings. The zero-order valence-electron chi connectivity index (χ0n) is 29.1. The average Bonchev–Trinajstić information content (AvgIpc) is 3.84. The van der Waals surface area contributed by atoms with Crippen molar-refractivity contribution in [2.45, 2.75) is 76.9 Å². The van der Waals surface area contributed by atoms with Gasteiger partial charge in [-0.25, -0.2) is 9.78 Å². The van der Waals surface area contributed by atoms with Gasteiger partial charge in [0.25, 0.3) is 0 Å². The summed E-state index contributed by atoms with van der Waals surface area (Å²) in [4.78, 5) is 26.0. The van der Waals surface area contributed by atoms with E-state index in [-0.39, 0.29) is 23.6 Å². The Hall–Kier alpha value is -4.91. The molecule has 4 aromatic heterocycles. The van der Waals surface area contributed by atoms with Crippen molar-refractivity contribution in [2.75, 3.05) is 43.9 Å². The first-order valence-electron chi connectivity index (χ1n) is 17.3. The van der Waals surface area contributed by atoms with Crippen LogP contribution < -0.4 is 20.3 Å². The van der Waals surface area contributed by atoms with E-state index >= 15 is 0 Å². The molecule has 0 radical (unpaired) electrons. The quantitative estimate of drug-likeness (QED) is 0.180. The van der Waals surface area contributed by atoms with Crippen LogP contribution in [0.15, 0.2) is 54.9 Å². The molecule has 7 rings (SSSR count). The highest BCUT2D eigenvalue weighted by Gasteiger charge is 2.30. The number of H-pyrrole nitrogens is 1. The molecule has 1 saturated heterocycles. The second-order valence-corrected chi connectivity index (χ2v) is 14.4. The Bertz CT molecular complexity index is 1910. The lowest BCUT2D eigenvalue weighted by molar-refractivity contribution is 0.171. The van der Waals surface area contributed by atoms with Crippen molar-refractivity contribution in [3.8, 4) is 11.6 Å². The smallest absolute Gasteiger partial charge is 0.320 e. The molecular formula is C36H47N11O2. The number of benzene rings is 1. The number of urea groups is 1. The highest BCUT2D eigenvalue weighted by molar-refractivity contribution is 5.89. The van der Waals surface area contributed by atoms with Gasteiger partial charge >= 0.3 is 6.03 Å². The number of hydrogen-bond donors (Lipinski definition) is 3. The first-order valence-corrected chi connectivity index (χ1v) is 17.3. The van der Waals surface area contributed by atoms with Gasteiger partial charge in [0.15, 0.2) is 11.5 Å². The van der Waals surface area contributed by atoms with E-state index in [1.807, 2.05) is 55.0 Å². The zero-order valence-corrected chi connectivity index (χ0v) is 29.1. The SMILES string of the molecule is CN(C)CCc1ncc(-n2nc(C(C)(C)C)cc2NC(=O)N[C@H]2CC[C@@H](Oc3ccc4nnc(N5CCCCC5)n4c3)c3ccccc32)[nH]1. The fraction of sp³-hybridized carbons (Fsp3) is 0.472. The summed E-state index contributed by atoms with van der Waals surface area (Å²) in [6, 6.07) is 13.6. The summed E-state index contributed by atoms with van der Waals surface area (Å²) < 4.78 is 10.4. The van der Waals surface area contributed by atoms with Gasteiger partial charge in [-0.2, -0.15) is 9.78 Å². The minimum atomic E-state index is -0.295. The minimum Gasteiger partial charge on any atom is -0.484 e. The lowest BCUT2D eigenvalue weighted by Crippen LogP contribution is -2.36. The van der Waals surface area contributed by atoms with Gasteiger partial charge in [-0.3, -0.25) is 9.72 Å². The summed E-state index contributed by atoms with van der Waals surface area (Å²) in [5, 5.41) is 20.0. The molecule has 1 aliphatic carbocycles. The highest BCUT2D eigenvalue weighted by Crippen LogP contribution is 2.39. The number of imidazole rings is 1. The first-order chi connectivity index (χ1) is 23.6. The number of amides is 2. The predicted octanol–water partition coefficient (Wildman–Crippen LogP) is 5.81. The highest BCUT2D eigenvalue weighted by atomic mass is 16.5. The Balaban J connectivity index is 1.07. The number of piperidine rings is 1. The van der Waals surface area contributed by atoms with Crippen LogP contribution in [-0.4, -0.2) is 79.0 Å². The van der Waals surface area contributed by atoms with Gasteiger partial charge in [-0.05, 0) is 69.5 Å². The topological polar surface area (TPSA) is 134 Å². The number of rotatable bonds is 9. The molecule has 2 aliphatic rings. The summed E-state index contributed by atoms with van der Waals surface area (Å²) in [6.07, 6.45) is 9.46. The number of pyridine rings is 1. The fourth-order valence-corrected chi connectivity index (χ4v) is 6.67. The molecule has 258 valence electrons. The Morgan fingerprint density at radius 2 is 1.84 bits per heavy atom. The van der Waals surface area contributed by atoms with E-state index in [4.69, 9.17) is 9.84 Å². The Labute approximate surface area is 287 Å². The van der Waals surface area contributed by atoms with Gasteiger partial charge < -0.3 is 24.8 Å². The molecule has 1 fully saturated rings. The molecule has 0 unspecified atom stereocenters. The third kappa shape index (κ3) is 7.12. The maximum atomic E-state index is 13.6. The van der Waals surface area contributed by atoms with Crippen molar-refractivity contribution < 1.29 is 9.53 Å². The number of ether oxygens (including phenoxy) is 1. The predicted molar refractivity (Wildman–Crippen MR) is 190 cm³/mol. The summed E-state index contributed by atoms with van der Waals surface area (Å²) in [5.74, 6) is 3.78. The van der Waals surface area contributed by atoms with Gasteiger partial charge in [-0.1, -0.05) is 45.0 Å². The van der Waals surface area contributed by atoms with E-state index < -0.39 is 0 Å². The van der Waals surface area contributed by atoms with Crippen molar-refractivity contribution >= 4 is 23.4 Å². The summed E-state index contributed by atoms with van der Waals surface area (Å²) in [5.41, 5.74) is 3.58. The minimum absolute atomic E-state index is 0.150. The van der Waals surface area contributed by atoms with E-state index in [9.17, 15) is 4.79 Å². The van der Waals surface area contributed by atoms with Gasteiger partial charge in [0.2, 0.25) is 5.95 Å². The normalized spacial score (nSPS) is 18.1.